The summed E-state index contributed by atoms with van der Waals surface area (Å²) >= 11 is 5.06. The lowest BCUT2D eigenvalue weighted by Crippen LogP contribution is -2.39. The zero-order valence-electron chi connectivity index (χ0n) is 11.0. The molecule has 1 unspecified atom stereocenters. The molecule has 0 aliphatic heterocycles. The lowest BCUT2D eigenvalue weighted by atomic mass is 10.1. The zero-order chi connectivity index (χ0) is 13.8. The van der Waals surface area contributed by atoms with Gasteiger partial charge in [-0.05, 0) is 40.0 Å². The van der Waals surface area contributed by atoms with Crippen LogP contribution < -0.4 is 11.3 Å². The molecule has 1 aromatic rings. The van der Waals surface area contributed by atoms with Crippen LogP contribution in [0.1, 0.15) is 26.3 Å². The lowest BCUT2D eigenvalue weighted by Gasteiger charge is -2.22. The number of hydrogen-bond donors (Lipinski definition) is 2. The molecule has 0 radical (unpaired) electrons. The topological polar surface area (TPSA) is 38.0 Å². The average Bonchev–Trinajstić information content (AvgIpc) is 2.28. The van der Waals surface area contributed by atoms with Crippen molar-refractivity contribution in [3.63, 3.8) is 0 Å². The van der Waals surface area contributed by atoms with Crippen LogP contribution in [0.2, 0.25) is 0 Å². The third kappa shape index (κ3) is 5.69. The minimum atomic E-state index is -0.236. The Hall–Kier alpha value is -0.100. The van der Waals surface area contributed by atoms with Gasteiger partial charge in [-0.1, -0.05) is 26.8 Å². The Morgan fingerprint density at radius 2 is 2.11 bits per heavy atom. The van der Waals surface area contributed by atoms with Crippen LogP contribution in [-0.4, -0.2) is 16.5 Å². The molecule has 2 nitrogen and oxygen atoms in total. The van der Waals surface area contributed by atoms with Crippen LogP contribution in [0, 0.1) is 5.82 Å². The Bertz CT molecular complexity index is 393. The van der Waals surface area contributed by atoms with E-state index in [2.05, 4.69) is 42.1 Å². The summed E-state index contributed by atoms with van der Waals surface area (Å²) in [7, 11) is 0. The van der Waals surface area contributed by atoms with E-state index in [0.717, 1.165) is 17.7 Å². The van der Waals surface area contributed by atoms with Gasteiger partial charge in [-0.15, -0.1) is 0 Å². The van der Waals surface area contributed by atoms with Gasteiger partial charge in [0, 0.05) is 16.5 Å². The molecule has 0 fully saturated rings. The van der Waals surface area contributed by atoms with Crippen molar-refractivity contribution in [2.75, 3.05) is 5.75 Å². The van der Waals surface area contributed by atoms with Crippen LogP contribution in [0.3, 0.4) is 0 Å². The maximum Gasteiger partial charge on any atom is 0.137 e. The predicted octanol–water partition coefficient (Wildman–Crippen LogP) is 3.49. The van der Waals surface area contributed by atoms with E-state index in [1.165, 1.54) is 6.07 Å². The van der Waals surface area contributed by atoms with Gasteiger partial charge in [-0.2, -0.15) is 11.8 Å². The molecule has 0 aromatic heterocycles. The molecule has 18 heavy (non-hydrogen) atoms. The summed E-state index contributed by atoms with van der Waals surface area (Å²) in [6, 6.07) is 5.27. The molecule has 0 amide bonds. The Kier molecular flexibility index (Phi) is 6.11. The largest absolute Gasteiger partial charge is 0.271 e. The normalized spacial score (nSPS) is 13.7. The number of nitrogens with one attached hydrogen (secondary N) is 1. The Labute approximate surface area is 121 Å². The Morgan fingerprint density at radius 1 is 1.44 bits per heavy atom. The number of halogens is 2. The van der Waals surface area contributed by atoms with Gasteiger partial charge in [0.25, 0.3) is 0 Å². The first-order chi connectivity index (χ1) is 8.31. The summed E-state index contributed by atoms with van der Waals surface area (Å²) in [5, 5.41) is 0. The number of rotatable bonds is 5. The quantitative estimate of drug-likeness (QED) is 0.639. The third-order valence-corrected chi connectivity index (χ3v) is 4.46. The number of benzene rings is 1. The second kappa shape index (κ2) is 6.89. The monoisotopic (exact) mass is 334 g/mol. The molecule has 0 aliphatic rings. The standard InChI is InChI=1S/C13H20BrFN2S/c1-13(2,3)18-8-10(17-16)6-9-4-5-12(15)11(14)7-9/h4-5,7,10,17H,6,8,16H2,1-3H3. The van der Waals surface area contributed by atoms with E-state index in [4.69, 9.17) is 5.84 Å². The fraction of sp³-hybridized carbons (Fsp3) is 0.538. The number of thioether (sulfide) groups is 1. The highest BCUT2D eigenvalue weighted by Crippen LogP contribution is 2.25. The highest BCUT2D eigenvalue weighted by atomic mass is 79.9. The maximum atomic E-state index is 13.1. The fourth-order valence-corrected chi connectivity index (χ4v) is 2.81. The molecule has 0 saturated carbocycles. The summed E-state index contributed by atoms with van der Waals surface area (Å²) in [5.74, 6) is 6.26. The summed E-state index contributed by atoms with van der Waals surface area (Å²) in [4.78, 5) is 0. The van der Waals surface area contributed by atoms with Crippen molar-refractivity contribution in [1.82, 2.24) is 5.43 Å². The van der Waals surface area contributed by atoms with E-state index in [9.17, 15) is 4.39 Å². The van der Waals surface area contributed by atoms with Gasteiger partial charge < -0.3 is 0 Å². The van der Waals surface area contributed by atoms with Crippen molar-refractivity contribution in [3.8, 4) is 0 Å². The Balaban J connectivity index is 2.59. The molecule has 0 saturated heterocycles. The highest BCUT2D eigenvalue weighted by molar-refractivity contribution is 9.10. The van der Waals surface area contributed by atoms with Crippen molar-refractivity contribution >= 4 is 27.7 Å². The molecule has 1 aromatic carbocycles. The van der Waals surface area contributed by atoms with Crippen LogP contribution in [-0.2, 0) is 6.42 Å². The van der Waals surface area contributed by atoms with Crippen molar-refractivity contribution in [2.45, 2.75) is 38.0 Å². The van der Waals surface area contributed by atoms with Gasteiger partial charge >= 0.3 is 0 Å². The van der Waals surface area contributed by atoms with Gasteiger partial charge in [0.1, 0.15) is 5.82 Å². The first kappa shape index (κ1) is 16.0. The van der Waals surface area contributed by atoms with Gasteiger partial charge in [0.05, 0.1) is 4.47 Å². The SMILES string of the molecule is CC(C)(C)SCC(Cc1ccc(F)c(Br)c1)NN. The summed E-state index contributed by atoms with van der Waals surface area (Å²) < 4.78 is 13.9. The van der Waals surface area contributed by atoms with Crippen LogP contribution in [0.15, 0.2) is 22.7 Å². The van der Waals surface area contributed by atoms with E-state index in [1.807, 2.05) is 11.8 Å². The number of nitrogens with two attached hydrogens (primary N) is 1. The van der Waals surface area contributed by atoms with Gasteiger partial charge in [-0.3, -0.25) is 11.3 Å². The average molecular weight is 335 g/mol. The van der Waals surface area contributed by atoms with Gasteiger partial charge in [-0.25, -0.2) is 4.39 Å². The molecule has 0 spiro atoms. The van der Waals surface area contributed by atoms with Crippen molar-refractivity contribution in [1.29, 1.82) is 0 Å². The maximum absolute atomic E-state index is 13.1. The molecule has 3 N–H and O–H groups in total. The van der Waals surface area contributed by atoms with Crippen LogP contribution in [0.25, 0.3) is 0 Å². The summed E-state index contributed by atoms with van der Waals surface area (Å²) in [6.45, 7) is 6.54. The van der Waals surface area contributed by atoms with Crippen LogP contribution in [0.5, 0.6) is 0 Å². The second-order valence-corrected chi connectivity index (χ2v) is 7.94. The van der Waals surface area contributed by atoms with Crippen molar-refractivity contribution < 1.29 is 4.39 Å². The zero-order valence-corrected chi connectivity index (χ0v) is 13.4. The molecule has 0 aliphatic carbocycles. The third-order valence-electron chi connectivity index (χ3n) is 2.42. The molecule has 1 rings (SSSR count). The lowest BCUT2D eigenvalue weighted by molar-refractivity contribution is 0.571. The highest BCUT2D eigenvalue weighted by Gasteiger charge is 2.15. The summed E-state index contributed by atoms with van der Waals surface area (Å²) in [6.07, 6.45) is 0.790. The van der Waals surface area contributed by atoms with E-state index >= 15 is 0 Å². The number of hydrogen-bond acceptors (Lipinski definition) is 3. The second-order valence-electron chi connectivity index (χ2n) is 5.24. The smallest absolute Gasteiger partial charge is 0.137 e. The Morgan fingerprint density at radius 3 is 2.61 bits per heavy atom. The molecule has 0 bridgehead atoms. The number of hydrazine groups is 1. The van der Waals surface area contributed by atoms with E-state index < -0.39 is 0 Å². The molecular formula is C13H20BrFN2S. The van der Waals surface area contributed by atoms with Crippen LogP contribution in [0.4, 0.5) is 4.39 Å². The van der Waals surface area contributed by atoms with Gasteiger partial charge in [0.15, 0.2) is 0 Å². The minimum absolute atomic E-state index is 0.187. The van der Waals surface area contributed by atoms with Crippen molar-refractivity contribution in [3.05, 3.63) is 34.1 Å². The van der Waals surface area contributed by atoms with E-state index in [1.54, 1.807) is 12.1 Å². The van der Waals surface area contributed by atoms with E-state index in [0.29, 0.717) is 4.47 Å². The van der Waals surface area contributed by atoms with Crippen molar-refractivity contribution in [2.24, 2.45) is 5.84 Å². The van der Waals surface area contributed by atoms with E-state index in [-0.39, 0.29) is 16.6 Å². The first-order valence-electron chi connectivity index (χ1n) is 5.86. The molecule has 1 atom stereocenters. The molecule has 0 heterocycles. The molecule has 5 heteroatoms. The minimum Gasteiger partial charge on any atom is -0.271 e. The summed E-state index contributed by atoms with van der Waals surface area (Å²) in [5.41, 5.74) is 3.90. The first-order valence-corrected chi connectivity index (χ1v) is 7.63. The molecule has 102 valence electrons. The van der Waals surface area contributed by atoms with Gasteiger partial charge in [0.2, 0.25) is 0 Å². The predicted molar refractivity (Wildman–Crippen MR) is 81.1 cm³/mol. The van der Waals surface area contributed by atoms with Crippen LogP contribution >= 0.6 is 27.7 Å². The fourth-order valence-electron chi connectivity index (χ4n) is 1.47. The molecular weight excluding hydrogens is 315 g/mol.